The van der Waals surface area contributed by atoms with Gasteiger partial charge in [-0.25, -0.2) is 0 Å². The highest BCUT2D eigenvalue weighted by atomic mass is 28.3. The second kappa shape index (κ2) is 26.1. The average molecular weight is 1310 g/mol. The molecular formula is C96H68N4Si. The molecule has 0 bridgehead atoms. The monoisotopic (exact) mass is 1300 g/mol. The first-order valence-corrected chi connectivity index (χ1v) is 36.7. The third-order valence-corrected chi connectivity index (χ3v) is 25.1. The van der Waals surface area contributed by atoms with Crippen LogP contribution in [0.1, 0.15) is 0 Å². The molecule has 0 N–H and O–H groups in total. The minimum atomic E-state index is -2.92. The summed E-state index contributed by atoms with van der Waals surface area (Å²) in [5.74, 6) is 0. The molecule has 101 heavy (non-hydrogen) atoms. The number of fused-ring (bicyclic) bond motifs is 6. The van der Waals surface area contributed by atoms with Gasteiger partial charge in [0.25, 0.3) is 0 Å². The van der Waals surface area contributed by atoms with Crippen molar-refractivity contribution in [2.24, 2.45) is 0 Å². The summed E-state index contributed by atoms with van der Waals surface area (Å²) < 4.78 is 4.76. The molecule has 0 spiro atoms. The van der Waals surface area contributed by atoms with Gasteiger partial charge in [-0.05, 0) is 187 Å². The average Bonchev–Trinajstić information content (AvgIpc) is 1.74. The third kappa shape index (κ3) is 11.0. The normalized spacial score (nSPS) is 11.6. The van der Waals surface area contributed by atoms with Crippen molar-refractivity contribution >= 4 is 107 Å². The van der Waals surface area contributed by atoms with Gasteiger partial charge in [0.05, 0.1) is 22.1 Å². The van der Waals surface area contributed by atoms with E-state index in [1.807, 2.05) is 0 Å². The summed E-state index contributed by atoms with van der Waals surface area (Å²) in [5.41, 5.74) is 22.9. The molecule has 16 aromatic carbocycles. The van der Waals surface area contributed by atoms with Crippen molar-refractivity contribution in [1.82, 2.24) is 9.13 Å². The van der Waals surface area contributed by atoms with Crippen molar-refractivity contribution in [3.8, 4) is 55.9 Å². The Morgan fingerprint density at radius 3 is 0.713 bits per heavy atom. The van der Waals surface area contributed by atoms with Crippen LogP contribution in [0.4, 0.5) is 34.1 Å². The second-order valence-electron chi connectivity index (χ2n) is 26.0. The molecule has 0 fully saturated rings. The summed E-state index contributed by atoms with van der Waals surface area (Å²) in [6, 6.07) is 152. The standard InChI is InChI=1S/C96H68N4Si/c1-7-23-69(24-8-1)71-39-51-79(52-40-71)97(83-59-65-95-91(67-83)89-35-19-21-37-93(89)99(95)77-27-11-3-12-28-77)81-55-43-73(44-56-81)75-47-61-87(62-48-75)101(85-31-15-5-16-32-85,86-33-17-6-18-34-86)88-63-49-76(50-64-88)74-45-57-82(58-46-74)98(80-53-41-72(42-54-80)70-25-9-2-10-26-70)84-60-66-96-92(68-84)90-36-20-22-38-94(90)100(96)78-29-13-4-14-30-78/h1-68H. The lowest BCUT2D eigenvalue weighted by Crippen LogP contribution is -2.74. The maximum atomic E-state index is 2.41. The van der Waals surface area contributed by atoms with Gasteiger partial charge in [-0.2, -0.15) is 0 Å². The Kier molecular flexibility index (Phi) is 15.6. The van der Waals surface area contributed by atoms with Crippen molar-refractivity contribution < 1.29 is 0 Å². The molecule has 0 saturated heterocycles. The van der Waals surface area contributed by atoms with E-state index in [1.54, 1.807) is 0 Å². The molecule has 2 aromatic heterocycles. The van der Waals surface area contributed by atoms with E-state index in [0.29, 0.717) is 0 Å². The van der Waals surface area contributed by atoms with Crippen LogP contribution in [0.25, 0.3) is 99.5 Å². The van der Waals surface area contributed by atoms with E-state index in [0.717, 1.165) is 67.8 Å². The van der Waals surface area contributed by atoms with Crippen molar-refractivity contribution in [1.29, 1.82) is 0 Å². The van der Waals surface area contributed by atoms with E-state index < -0.39 is 8.07 Å². The van der Waals surface area contributed by atoms with E-state index in [9.17, 15) is 0 Å². The van der Waals surface area contributed by atoms with Crippen LogP contribution in [0.5, 0.6) is 0 Å². The third-order valence-electron chi connectivity index (χ3n) is 20.3. The number of nitrogens with zero attached hydrogens (tertiary/aromatic N) is 4. The van der Waals surface area contributed by atoms with Gasteiger partial charge in [0.1, 0.15) is 0 Å². The van der Waals surface area contributed by atoms with Crippen molar-refractivity contribution in [3.05, 3.63) is 413 Å². The molecule has 0 amide bonds. The van der Waals surface area contributed by atoms with Gasteiger partial charge in [-0.1, -0.05) is 291 Å². The highest BCUT2D eigenvalue weighted by Gasteiger charge is 2.41. The lowest BCUT2D eigenvalue weighted by Gasteiger charge is -2.34. The molecule has 0 aliphatic heterocycles. The number of anilines is 6. The molecule has 2 heterocycles. The fourth-order valence-electron chi connectivity index (χ4n) is 15.5. The Morgan fingerprint density at radius 2 is 0.396 bits per heavy atom. The van der Waals surface area contributed by atoms with Gasteiger partial charge in [0.15, 0.2) is 8.07 Å². The van der Waals surface area contributed by atoms with Gasteiger partial charge in [-0.15, -0.1) is 0 Å². The molecule has 0 aliphatic rings. The zero-order valence-electron chi connectivity index (χ0n) is 55.5. The van der Waals surface area contributed by atoms with Crippen LogP contribution in [-0.4, -0.2) is 17.2 Å². The summed E-state index contributed by atoms with van der Waals surface area (Å²) in [6.07, 6.45) is 0. The predicted molar refractivity (Wildman–Crippen MR) is 430 cm³/mol. The maximum absolute atomic E-state index is 2.92. The van der Waals surface area contributed by atoms with Crippen LogP contribution >= 0.6 is 0 Å². The lowest BCUT2D eigenvalue weighted by atomic mass is 10.0. The highest BCUT2D eigenvalue weighted by molar-refractivity contribution is 7.19. The zero-order valence-corrected chi connectivity index (χ0v) is 56.5. The van der Waals surface area contributed by atoms with Gasteiger partial charge in [0.2, 0.25) is 0 Å². The Balaban J connectivity index is 0.686. The summed E-state index contributed by atoms with van der Waals surface area (Å²) in [4.78, 5) is 4.79. The van der Waals surface area contributed by atoms with Crippen molar-refractivity contribution in [2.75, 3.05) is 9.80 Å². The lowest BCUT2D eigenvalue weighted by molar-refractivity contribution is 1.18. The van der Waals surface area contributed by atoms with Crippen LogP contribution in [0.3, 0.4) is 0 Å². The minimum absolute atomic E-state index is 1.08. The van der Waals surface area contributed by atoms with E-state index in [1.165, 1.54) is 86.6 Å². The fourth-order valence-corrected chi connectivity index (χ4v) is 20.2. The number of hydrogen-bond donors (Lipinski definition) is 0. The molecular weight excluding hydrogens is 1240 g/mol. The Hall–Kier alpha value is -13.1. The first-order chi connectivity index (χ1) is 50.1. The summed E-state index contributed by atoms with van der Waals surface area (Å²) >= 11 is 0. The molecule has 0 unspecified atom stereocenters. The SMILES string of the molecule is c1ccc(-c2ccc(N(c3ccc(-c4ccc([Si](c5ccccc5)(c5ccccc5)c5ccc(-c6ccc(N(c7ccc(-c8ccccc8)cc7)c7ccc8c(c7)c7ccccc7n8-c7ccccc7)cc6)cc5)cc4)cc3)c3ccc4c(c3)c3ccccc3n4-c3ccccc3)cc2)cc1. The predicted octanol–water partition coefficient (Wildman–Crippen LogP) is 22.9. The van der Waals surface area contributed by atoms with E-state index in [4.69, 9.17) is 0 Å². The van der Waals surface area contributed by atoms with E-state index in [-0.39, 0.29) is 0 Å². The van der Waals surface area contributed by atoms with E-state index >= 15 is 0 Å². The molecule has 0 saturated carbocycles. The fraction of sp³-hybridized carbons (Fsp3) is 0. The van der Waals surface area contributed by atoms with Gasteiger partial charge >= 0.3 is 0 Å². The van der Waals surface area contributed by atoms with Gasteiger partial charge in [0, 0.05) is 67.0 Å². The number of aromatic nitrogens is 2. The van der Waals surface area contributed by atoms with Crippen LogP contribution < -0.4 is 30.5 Å². The highest BCUT2D eigenvalue weighted by Crippen LogP contribution is 2.44. The molecule has 0 radical (unpaired) electrons. The molecule has 0 atom stereocenters. The van der Waals surface area contributed by atoms with E-state index in [2.05, 4.69) is 431 Å². The second-order valence-corrected chi connectivity index (χ2v) is 29.8. The molecule has 0 aliphatic carbocycles. The minimum Gasteiger partial charge on any atom is -0.310 e. The number of para-hydroxylation sites is 4. The number of rotatable bonds is 16. The first kappa shape index (κ1) is 60.4. The van der Waals surface area contributed by atoms with Gasteiger partial charge < -0.3 is 18.9 Å². The van der Waals surface area contributed by atoms with Crippen LogP contribution in [0.15, 0.2) is 413 Å². The Morgan fingerprint density at radius 1 is 0.168 bits per heavy atom. The first-order valence-electron chi connectivity index (χ1n) is 34.7. The number of hydrogen-bond acceptors (Lipinski definition) is 2. The molecule has 4 nitrogen and oxygen atoms in total. The topological polar surface area (TPSA) is 16.3 Å². The van der Waals surface area contributed by atoms with Crippen molar-refractivity contribution in [2.45, 2.75) is 0 Å². The number of benzene rings is 16. The van der Waals surface area contributed by atoms with Crippen molar-refractivity contribution in [3.63, 3.8) is 0 Å². The Bertz CT molecular complexity index is 5550. The largest absolute Gasteiger partial charge is 0.310 e. The molecule has 18 rings (SSSR count). The van der Waals surface area contributed by atoms with Crippen LogP contribution in [0.2, 0.25) is 0 Å². The smallest absolute Gasteiger partial charge is 0.179 e. The summed E-state index contributed by atoms with van der Waals surface area (Å²) in [5, 5.41) is 10.2. The van der Waals surface area contributed by atoms with Crippen LogP contribution in [0, 0.1) is 0 Å². The maximum Gasteiger partial charge on any atom is 0.179 e. The summed E-state index contributed by atoms with van der Waals surface area (Å²) in [6.45, 7) is 0. The summed E-state index contributed by atoms with van der Waals surface area (Å²) in [7, 11) is -2.92. The molecule has 476 valence electrons. The van der Waals surface area contributed by atoms with Gasteiger partial charge in [-0.3, -0.25) is 0 Å². The zero-order chi connectivity index (χ0) is 67.1. The molecule has 18 aromatic rings. The Labute approximate surface area is 590 Å². The molecule has 5 heteroatoms. The van der Waals surface area contributed by atoms with Crippen LogP contribution in [-0.2, 0) is 0 Å². The quantitative estimate of drug-likeness (QED) is 0.0708.